The van der Waals surface area contributed by atoms with E-state index in [1.165, 1.54) is 12.8 Å². The summed E-state index contributed by atoms with van der Waals surface area (Å²) in [5.41, 5.74) is 0. The number of nitrogens with one attached hydrogen (secondary N) is 1. The maximum absolute atomic E-state index is 11.3. The topological polar surface area (TPSA) is 89.8 Å². The van der Waals surface area contributed by atoms with Crippen molar-refractivity contribution in [1.29, 1.82) is 0 Å². The molecule has 0 saturated heterocycles. The standard InChI is InChI=1S/C22H37NO4/c1-2-3-9-13-20(25)14-10-7-5-4-6-8-11-15-21(26)16-12-17-22(27)23-18-19-24/h4-8,10-11,15,20-21,24-26H,2-3,9,12-14,16-19H2,1H3,(H,23,27)/b5-4+,8-6-,10-7+,15-11+/t20-,21-/m1/s1. The minimum absolute atomic E-state index is 0.0608. The van der Waals surface area contributed by atoms with Crippen LogP contribution in [0.3, 0.4) is 0 Å². The number of carbonyl (C=O) groups is 1. The summed E-state index contributed by atoms with van der Waals surface area (Å²) >= 11 is 0. The molecule has 27 heavy (non-hydrogen) atoms. The minimum atomic E-state index is -0.571. The largest absolute Gasteiger partial charge is 0.395 e. The first-order valence-corrected chi connectivity index (χ1v) is 10.0. The Balaban J connectivity index is 3.79. The molecular formula is C22H37NO4. The third-order valence-corrected chi connectivity index (χ3v) is 3.91. The molecule has 0 aliphatic heterocycles. The maximum Gasteiger partial charge on any atom is 0.220 e. The predicted octanol–water partition coefficient (Wildman–Crippen LogP) is 3.18. The molecular weight excluding hydrogens is 342 g/mol. The lowest BCUT2D eigenvalue weighted by molar-refractivity contribution is -0.121. The van der Waals surface area contributed by atoms with Gasteiger partial charge in [0.2, 0.25) is 5.91 Å². The molecule has 0 aliphatic carbocycles. The second-order valence-electron chi connectivity index (χ2n) is 6.50. The Morgan fingerprint density at radius 3 is 2.37 bits per heavy atom. The van der Waals surface area contributed by atoms with Gasteiger partial charge in [0.25, 0.3) is 0 Å². The van der Waals surface area contributed by atoms with Gasteiger partial charge in [0.15, 0.2) is 0 Å². The van der Waals surface area contributed by atoms with Gasteiger partial charge in [-0.2, -0.15) is 0 Å². The normalized spacial score (nSPS) is 14.7. The van der Waals surface area contributed by atoms with Crippen molar-refractivity contribution in [3.63, 3.8) is 0 Å². The lowest BCUT2D eigenvalue weighted by Gasteiger charge is -2.06. The molecule has 0 unspecified atom stereocenters. The van der Waals surface area contributed by atoms with E-state index in [0.29, 0.717) is 25.7 Å². The first-order valence-electron chi connectivity index (χ1n) is 10.0. The van der Waals surface area contributed by atoms with Gasteiger partial charge in [-0.15, -0.1) is 0 Å². The van der Waals surface area contributed by atoms with Gasteiger partial charge in [0.1, 0.15) is 0 Å². The van der Waals surface area contributed by atoms with E-state index >= 15 is 0 Å². The molecule has 0 spiro atoms. The van der Waals surface area contributed by atoms with E-state index in [-0.39, 0.29) is 25.2 Å². The van der Waals surface area contributed by atoms with Crippen LogP contribution in [0.5, 0.6) is 0 Å². The van der Waals surface area contributed by atoms with E-state index in [1.54, 1.807) is 12.2 Å². The average molecular weight is 380 g/mol. The third kappa shape index (κ3) is 18.9. The maximum atomic E-state index is 11.3. The Kier molecular flexibility index (Phi) is 17.9. The van der Waals surface area contributed by atoms with Crippen molar-refractivity contribution in [2.75, 3.05) is 13.2 Å². The molecule has 0 radical (unpaired) electrons. The molecule has 0 bridgehead atoms. The van der Waals surface area contributed by atoms with Crippen LogP contribution >= 0.6 is 0 Å². The van der Waals surface area contributed by atoms with Crippen LogP contribution in [0.2, 0.25) is 0 Å². The highest BCUT2D eigenvalue weighted by molar-refractivity contribution is 5.75. The summed E-state index contributed by atoms with van der Waals surface area (Å²) in [6, 6.07) is 0. The monoisotopic (exact) mass is 379 g/mol. The lowest BCUT2D eigenvalue weighted by atomic mass is 10.1. The summed E-state index contributed by atoms with van der Waals surface area (Å²) < 4.78 is 0. The molecule has 2 atom stereocenters. The Morgan fingerprint density at radius 1 is 0.963 bits per heavy atom. The number of allylic oxidation sites excluding steroid dienone is 6. The van der Waals surface area contributed by atoms with Crippen molar-refractivity contribution in [3.05, 3.63) is 48.6 Å². The number of aliphatic hydroxyl groups is 3. The van der Waals surface area contributed by atoms with E-state index in [0.717, 1.165) is 12.8 Å². The fourth-order valence-corrected chi connectivity index (χ4v) is 2.36. The molecule has 154 valence electrons. The van der Waals surface area contributed by atoms with Gasteiger partial charge >= 0.3 is 0 Å². The van der Waals surface area contributed by atoms with Gasteiger partial charge in [0, 0.05) is 13.0 Å². The van der Waals surface area contributed by atoms with Crippen molar-refractivity contribution < 1.29 is 20.1 Å². The number of hydrogen-bond acceptors (Lipinski definition) is 4. The molecule has 5 nitrogen and oxygen atoms in total. The van der Waals surface area contributed by atoms with Crippen LogP contribution in [0, 0.1) is 0 Å². The fraction of sp³-hybridized carbons (Fsp3) is 0.591. The fourth-order valence-electron chi connectivity index (χ4n) is 2.36. The highest BCUT2D eigenvalue weighted by Crippen LogP contribution is 2.06. The number of amides is 1. The Bertz CT molecular complexity index is 469. The SMILES string of the molecule is CCCCC[C@@H](O)C/C=C/C=C/C=C\C=C\[C@@H](O)CCCC(=O)NCCO. The van der Waals surface area contributed by atoms with Gasteiger partial charge in [-0.05, 0) is 25.7 Å². The van der Waals surface area contributed by atoms with Gasteiger partial charge in [-0.25, -0.2) is 0 Å². The van der Waals surface area contributed by atoms with Crippen LogP contribution in [0.4, 0.5) is 0 Å². The second-order valence-corrected chi connectivity index (χ2v) is 6.50. The van der Waals surface area contributed by atoms with Crippen LogP contribution < -0.4 is 5.32 Å². The third-order valence-electron chi connectivity index (χ3n) is 3.91. The van der Waals surface area contributed by atoms with E-state index in [9.17, 15) is 15.0 Å². The molecule has 1 amide bonds. The molecule has 0 heterocycles. The quantitative estimate of drug-likeness (QED) is 0.245. The van der Waals surface area contributed by atoms with Crippen LogP contribution in [0.15, 0.2) is 48.6 Å². The minimum Gasteiger partial charge on any atom is -0.395 e. The molecule has 0 aromatic heterocycles. The Labute approximate surface area is 164 Å². The van der Waals surface area contributed by atoms with Crippen LogP contribution in [0.25, 0.3) is 0 Å². The van der Waals surface area contributed by atoms with E-state index in [1.807, 2.05) is 36.5 Å². The van der Waals surface area contributed by atoms with Gasteiger partial charge in [-0.3, -0.25) is 4.79 Å². The molecule has 0 fully saturated rings. The number of carbonyl (C=O) groups excluding carboxylic acids is 1. The Hall–Kier alpha value is -1.69. The summed E-state index contributed by atoms with van der Waals surface area (Å²) in [6.45, 7) is 2.37. The number of rotatable bonds is 16. The van der Waals surface area contributed by atoms with E-state index < -0.39 is 6.10 Å². The molecule has 0 saturated carbocycles. The van der Waals surface area contributed by atoms with Crippen molar-refractivity contribution in [3.8, 4) is 0 Å². The zero-order valence-electron chi connectivity index (χ0n) is 16.6. The van der Waals surface area contributed by atoms with Crippen molar-refractivity contribution >= 4 is 5.91 Å². The first-order chi connectivity index (χ1) is 13.1. The zero-order valence-corrected chi connectivity index (χ0v) is 16.6. The van der Waals surface area contributed by atoms with E-state index in [2.05, 4.69) is 12.2 Å². The van der Waals surface area contributed by atoms with Crippen molar-refractivity contribution in [1.82, 2.24) is 5.32 Å². The average Bonchev–Trinajstić information content (AvgIpc) is 2.65. The summed E-state index contributed by atoms with van der Waals surface area (Å²) in [7, 11) is 0. The van der Waals surface area contributed by atoms with Crippen molar-refractivity contribution in [2.45, 2.75) is 70.5 Å². The van der Waals surface area contributed by atoms with Gasteiger partial charge in [0.05, 0.1) is 18.8 Å². The van der Waals surface area contributed by atoms with Gasteiger partial charge < -0.3 is 20.6 Å². The summed E-state index contributed by atoms with van der Waals surface area (Å²) in [4.78, 5) is 11.3. The van der Waals surface area contributed by atoms with Crippen LogP contribution in [0.1, 0.15) is 58.3 Å². The Morgan fingerprint density at radius 2 is 1.67 bits per heavy atom. The first kappa shape index (κ1) is 25.3. The van der Waals surface area contributed by atoms with Crippen LogP contribution in [-0.2, 0) is 4.79 Å². The molecule has 0 aromatic rings. The molecule has 0 aliphatic rings. The molecule has 0 aromatic carbocycles. The number of unbranched alkanes of at least 4 members (excludes halogenated alkanes) is 2. The number of aliphatic hydroxyl groups excluding tert-OH is 3. The molecule has 5 heteroatoms. The van der Waals surface area contributed by atoms with E-state index in [4.69, 9.17) is 5.11 Å². The number of hydrogen-bond donors (Lipinski definition) is 4. The highest BCUT2D eigenvalue weighted by Gasteiger charge is 2.03. The van der Waals surface area contributed by atoms with Gasteiger partial charge in [-0.1, -0.05) is 74.8 Å². The van der Waals surface area contributed by atoms with Crippen LogP contribution in [-0.4, -0.2) is 46.6 Å². The van der Waals surface area contributed by atoms with Crippen molar-refractivity contribution in [2.24, 2.45) is 0 Å². The highest BCUT2D eigenvalue weighted by atomic mass is 16.3. The molecule has 4 N–H and O–H groups in total. The molecule has 0 rings (SSSR count). The zero-order chi connectivity index (χ0) is 20.2. The smallest absolute Gasteiger partial charge is 0.220 e. The lowest BCUT2D eigenvalue weighted by Crippen LogP contribution is -2.26. The summed E-state index contributed by atoms with van der Waals surface area (Å²) in [5, 5.41) is 30.7. The summed E-state index contributed by atoms with van der Waals surface area (Å²) in [6.07, 6.45) is 20.5. The predicted molar refractivity (Wildman–Crippen MR) is 111 cm³/mol. The second kappa shape index (κ2) is 19.1. The summed E-state index contributed by atoms with van der Waals surface area (Å²) in [5.74, 6) is -0.105.